The molecule has 1 unspecified atom stereocenters. The Hall–Kier alpha value is -0.390. The van der Waals surface area contributed by atoms with Gasteiger partial charge in [-0.25, -0.2) is 0 Å². The standard InChI is InChI=1S/C11H13BrO3S/c1-2-8(10(13)14)11(5-15-6-11)9-3-7(12)4-16-9/h3-4,8H,2,5-6H2,1H3,(H,13,14). The Bertz CT molecular complexity index is 398. The number of hydrogen-bond acceptors (Lipinski definition) is 3. The molecule has 2 heterocycles. The average Bonchev–Trinajstić information content (AvgIpc) is 2.57. The summed E-state index contributed by atoms with van der Waals surface area (Å²) in [5.74, 6) is -1.08. The highest BCUT2D eigenvalue weighted by Crippen LogP contribution is 2.44. The lowest BCUT2D eigenvalue weighted by Gasteiger charge is -2.44. The van der Waals surface area contributed by atoms with Crippen molar-refractivity contribution in [2.45, 2.75) is 18.8 Å². The van der Waals surface area contributed by atoms with Gasteiger partial charge in [0.15, 0.2) is 0 Å². The van der Waals surface area contributed by atoms with Gasteiger partial charge in [-0.05, 0) is 28.4 Å². The van der Waals surface area contributed by atoms with Crippen LogP contribution in [0.5, 0.6) is 0 Å². The van der Waals surface area contributed by atoms with Gasteiger partial charge in [-0.1, -0.05) is 6.92 Å². The van der Waals surface area contributed by atoms with Crippen LogP contribution in [0.3, 0.4) is 0 Å². The molecule has 5 heteroatoms. The molecule has 3 nitrogen and oxygen atoms in total. The molecule has 0 saturated carbocycles. The normalized spacial score (nSPS) is 20.1. The van der Waals surface area contributed by atoms with Crippen molar-refractivity contribution in [3.63, 3.8) is 0 Å². The van der Waals surface area contributed by atoms with E-state index in [0.717, 1.165) is 9.35 Å². The highest BCUT2D eigenvalue weighted by Gasteiger charge is 2.50. The fraction of sp³-hybridized carbons (Fsp3) is 0.545. The minimum atomic E-state index is -0.727. The van der Waals surface area contributed by atoms with Gasteiger partial charge < -0.3 is 9.84 Å². The topological polar surface area (TPSA) is 46.5 Å². The molecule has 0 radical (unpaired) electrons. The molecule has 1 aromatic rings. The van der Waals surface area contributed by atoms with E-state index >= 15 is 0 Å². The van der Waals surface area contributed by atoms with Crippen molar-refractivity contribution in [2.24, 2.45) is 5.92 Å². The molecule has 1 saturated heterocycles. The van der Waals surface area contributed by atoms with Gasteiger partial charge in [0.2, 0.25) is 0 Å². The zero-order valence-electron chi connectivity index (χ0n) is 8.90. The molecule has 0 aliphatic carbocycles. The summed E-state index contributed by atoms with van der Waals surface area (Å²) >= 11 is 5.01. The molecule has 1 aliphatic rings. The van der Waals surface area contributed by atoms with E-state index in [4.69, 9.17) is 4.74 Å². The molecule has 0 spiro atoms. The van der Waals surface area contributed by atoms with Crippen molar-refractivity contribution in [3.8, 4) is 0 Å². The van der Waals surface area contributed by atoms with Crippen LogP contribution in [0.4, 0.5) is 0 Å². The molecule has 1 atom stereocenters. The lowest BCUT2D eigenvalue weighted by Crippen LogP contribution is -2.54. The Labute approximate surface area is 107 Å². The Morgan fingerprint density at radius 3 is 2.75 bits per heavy atom. The van der Waals surface area contributed by atoms with Crippen LogP contribution in [-0.2, 0) is 14.9 Å². The second kappa shape index (κ2) is 4.47. The van der Waals surface area contributed by atoms with Gasteiger partial charge in [-0.2, -0.15) is 0 Å². The van der Waals surface area contributed by atoms with Gasteiger partial charge in [0.05, 0.1) is 24.5 Å². The summed E-state index contributed by atoms with van der Waals surface area (Å²) in [4.78, 5) is 12.4. The first kappa shape index (κ1) is 12.1. The molecule has 1 fully saturated rings. The SMILES string of the molecule is CCC(C(=O)O)C1(c2cc(Br)cs2)COC1. The van der Waals surface area contributed by atoms with Crippen LogP contribution in [0.15, 0.2) is 15.9 Å². The number of ether oxygens (including phenoxy) is 1. The predicted molar refractivity (Wildman–Crippen MR) is 65.9 cm³/mol. The largest absolute Gasteiger partial charge is 0.481 e. The van der Waals surface area contributed by atoms with Crippen molar-refractivity contribution in [1.29, 1.82) is 0 Å². The van der Waals surface area contributed by atoms with E-state index in [1.54, 1.807) is 11.3 Å². The number of carboxylic acids is 1. The predicted octanol–water partition coefficient (Wildman–Crippen LogP) is 2.89. The molecule has 1 aliphatic heterocycles. The fourth-order valence-corrected chi connectivity index (χ4v) is 3.87. The fourth-order valence-electron chi connectivity index (χ4n) is 2.21. The van der Waals surface area contributed by atoms with E-state index in [9.17, 15) is 9.90 Å². The van der Waals surface area contributed by atoms with Gasteiger partial charge in [0.1, 0.15) is 0 Å². The van der Waals surface area contributed by atoms with Crippen LogP contribution in [0.25, 0.3) is 0 Å². The Kier molecular flexibility index (Phi) is 3.37. The van der Waals surface area contributed by atoms with E-state index in [2.05, 4.69) is 15.9 Å². The minimum Gasteiger partial charge on any atom is -0.481 e. The van der Waals surface area contributed by atoms with E-state index in [0.29, 0.717) is 19.6 Å². The van der Waals surface area contributed by atoms with Gasteiger partial charge in [-0.15, -0.1) is 11.3 Å². The van der Waals surface area contributed by atoms with E-state index in [-0.39, 0.29) is 11.3 Å². The number of carboxylic acid groups (broad SMARTS) is 1. The monoisotopic (exact) mass is 304 g/mol. The minimum absolute atomic E-state index is 0.308. The molecule has 88 valence electrons. The molecule has 0 aromatic carbocycles. The first-order valence-corrected chi connectivity index (χ1v) is 6.82. The number of carbonyl (C=O) groups is 1. The smallest absolute Gasteiger partial charge is 0.307 e. The van der Waals surface area contributed by atoms with Crippen LogP contribution in [-0.4, -0.2) is 24.3 Å². The van der Waals surface area contributed by atoms with Gasteiger partial charge in [0, 0.05) is 14.7 Å². The third-order valence-electron chi connectivity index (χ3n) is 3.15. The zero-order valence-corrected chi connectivity index (χ0v) is 11.3. The Morgan fingerprint density at radius 2 is 2.44 bits per heavy atom. The second-order valence-corrected chi connectivity index (χ2v) is 5.90. The molecule has 1 N–H and O–H groups in total. The summed E-state index contributed by atoms with van der Waals surface area (Å²) in [5, 5.41) is 11.3. The first-order chi connectivity index (χ1) is 7.60. The first-order valence-electron chi connectivity index (χ1n) is 5.15. The quantitative estimate of drug-likeness (QED) is 0.930. The number of aliphatic carboxylic acids is 1. The summed E-state index contributed by atoms with van der Waals surface area (Å²) < 4.78 is 6.28. The molecule has 2 rings (SSSR count). The summed E-state index contributed by atoms with van der Waals surface area (Å²) in [6.07, 6.45) is 0.633. The number of thiophene rings is 1. The highest BCUT2D eigenvalue weighted by atomic mass is 79.9. The van der Waals surface area contributed by atoms with Crippen molar-refractivity contribution in [2.75, 3.05) is 13.2 Å². The van der Waals surface area contributed by atoms with Crippen molar-refractivity contribution in [3.05, 3.63) is 20.8 Å². The molecule has 0 amide bonds. The molecule has 16 heavy (non-hydrogen) atoms. The maximum Gasteiger partial charge on any atom is 0.307 e. The second-order valence-electron chi connectivity index (χ2n) is 4.08. The Balaban J connectivity index is 2.35. The van der Waals surface area contributed by atoms with E-state index < -0.39 is 5.97 Å². The number of halogens is 1. The van der Waals surface area contributed by atoms with Crippen LogP contribution in [0, 0.1) is 5.92 Å². The molecular formula is C11H13BrO3S. The van der Waals surface area contributed by atoms with Crippen molar-refractivity contribution < 1.29 is 14.6 Å². The molecule has 0 bridgehead atoms. The Morgan fingerprint density at radius 1 is 1.75 bits per heavy atom. The zero-order chi connectivity index (χ0) is 11.8. The third-order valence-corrected chi connectivity index (χ3v) is 5.06. The van der Waals surface area contributed by atoms with Crippen LogP contribution in [0.1, 0.15) is 18.2 Å². The van der Waals surface area contributed by atoms with E-state index in [1.807, 2.05) is 18.4 Å². The summed E-state index contributed by atoms with van der Waals surface area (Å²) in [6.45, 7) is 2.96. The highest BCUT2D eigenvalue weighted by molar-refractivity contribution is 9.10. The number of hydrogen-bond donors (Lipinski definition) is 1. The van der Waals surface area contributed by atoms with Gasteiger partial charge in [-0.3, -0.25) is 4.79 Å². The van der Waals surface area contributed by atoms with Gasteiger partial charge >= 0.3 is 5.97 Å². The summed E-state index contributed by atoms with van der Waals surface area (Å²) in [5.41, 5.74) is -0.308. The third kappa shape index (κ3) is 1.81. The number of rotatable bonds is 4. The molecular weight excluding hydrogens is 292 g/mol. The molecule has 1 aromatic heterocycles. The van der Waals surface area contributed by atoms with Crippen LogP contribution < -0.4 is 0 Å². The maximum absolute atomic E-state index is 11.3. The lowest BCUT2D eigenvalue weighted by atomic mass is 9.71. The van der Waals surface area contributed by atoms with Crippen molar-refractivity contribution >= 4 is 33.2 Å². The lowest BCUT2D eigenvalue weighted by molar-refractivity contribution is -0.156. The summed E-state index contributed by atoms with van der Waals surface area (Å²) in [6, 6.07) is 2.01. The van der Waals surface area contributed by atoms with E-state index in [1.165, 1.54) is 0 Å². The average molecular weight is 305 g/mol. The van der Waals surface area contributed by atoms with Crippen LogP contribution >= 0.6 is 27.3 Å². The maximum atomic E-state index is 11.3. The van der Waals surface area contributed by atoms with Crippen LogP contribution in [0.2, 0.25) is 0 Å². The summed E-state index contributed by atoms with van der Waals surface area (Å²) in [7, 11) is 0. The van der Waals surface area contributed by atoms with Crippen molar-refractivity contribution in [1.82, 2.24) is 0 Å². The van der Waals surface area contributed by atoms with Gasteiger partial charge in [0.25, 0.3) is 0 Å².